The molecule has 4 rings (SSSR count). The summed E-state index contributed by atoms with van der Waals surface area (Å²) < 4.78 is 20.7. The number of benzene rings is 2. The fourth-order valence-corrected chi connectivity index (χ4v) is 4.04. The maximum Gasteiger partial charge on any atom is 0.263 e. The zero-order valence-electron chi connectivity index (χ0n) is 14.9. The molecule has 0 aliphatic heterocycles. The summed E-state index contributed by atoms with van der Waals surface area (Å²) >= 11 is 1.43. The Bertz CT molecular complexity index is 1080. The number of aromatic nitrogens is 1. The summed E-state index contributed by atoms with van der Waals surface area (Å²) in [5.74, 6) is -0.397. The van der Waals surface area contributed by atoms with Crippen LogP contribution < -0.4 is 4.90 Å². The summed E-state index contributed by atoms with van der Waals surface area (Å²) in [7, 11) is 0. The number of amides is 1. The van der Waals surface area contributed by atoms with Crippen molar-refractivity contribution in [1.82, 2.24) is 4.98 Å². The summed E-state index contributed by atoms with van der Waals surface area (Å²) in [6.45, 7) is 4.18. The van der Waals surface area contributed by atoms with Gasteiger partial charge >= 0.3 is 0 Å². The summed E-state index contributed by atoms with van der Waals surface area (Å²) in [4.78, 5) is 19.3. The van der Waals surface area contributed by atoms with Gasteiger partial charge in [0.2, 0.25) is 0 Å². The number of anilines is 1. The van der Waals surface area contributed by atoms with E-state index in [1.807, 2.05) is 26.0 Å². The first-order chi connectivity index (χ1) is 13.0. The van der Waals surface area contributed by atoms with E-state index in [0.717, 1.165) is 21.3 Å². The molecule has 0 unspecified atom stereocenters. The lowest BCUT2D eigenvalue weighted by molar-refractivity contribution is 0.0979. The van der Waals surface area contributed by atoms with Crippen molar-refractivity contribution >= 4 is 32.6 Å². The SMILES string of the molecule is Cc1ccc(C)c2sc(N(Cc3ccco3)C(=O)c3ccccc3F)nc12. The molecule has 27 heavy (non-hydrogen) atoms. The lowest BCUT2D eigenvalue weighted by atomic mass is 10.1. The molecule has 6 heteroatoms. The van der Waals surface area contributed by atoms with Gasteiger partial charge < -0.3 is 4.42 Å². The lowest BCUT2D eigenvalue weighted by Crippen LogP contribution is -2.30. The van der Waals surface area contributed by atoms with Crippen molar-refractivity contribution in [2.75, 3.05) is 4.90 Å². The quantitative estimate of drug-likeness (QED) is 0.470. The molecule has 0 aliphatic carbocycles. The molecule has 0 bridgehead atoms. The van der Waals surface area contributed by atoms with Gasteiger partial charge in [-0.25, -0.2) is 9.37 Å². The van der Waals surface area contributed by atoms with Crippen LogP contribution in [0.2, 0.25) is 0 Å². The summed E-state index contributed by atoms with van der Waals surface area (Å²) in [6.07, 6.45) is 1.55. The van der Waals surface area contributed by atoms with Crippen LogP contribution in [0.1, 0.15) is 27.2 Å². The van der Waals surface area contributed by atoms with Crippen LogP contribution in [-0.4, -0.2) is 10.9 Å². The number of aryl methyl sites for hydroxylation is 2. The second kappa shape index (κ2) is 6.96. The number of nitrogens with zero attached hydrogens (tertiary/aromatic N) is 2. The minimum atomic E-state index is -0.555. The lowest BCUT2D eigenvalue weighted by Gasteiger charge is -2.19. The Balaban J connectivity index is 1.83. The molecule has 1 amide bonds. The molecule has 0 N–H and O–H groups in total. The summed E-state index contributed by atoms with van der Waals surface area (Å²) in [5, 5.41) is 0.520. The van der Waals surface area contributed by atoms with Crippen molar-refractivity contribution in [3.05, 3.63) is 83.1 Å². The van der Waals surface area contributed by atoms with Gasteiger partial charge in [-0.3, -0.25) is 9.69 Å². The zero-order chi connectivity index (χ0) is 19.0. The maximum absolute atomic E-state index is 14.2. The van der Waals surface area contributed by atoms with Gasteiger partial charge in [0.15, 0.2) is 5.13 Å². The summed E-state index contributed by atoms with van der Waals surface area (Å²) in [5.41, 5.74) is 3.00. The highest BCUT2D eigenvalue weighted by molar-refractivity contribution is 7.22. The Labute approximate surface area is 159 Å². The van der Waals surface area contributed by atoms with Gasteiger partial charge in [-0.05, 0) is 49.2 Å². The molecule has 2 heterocycles. The molecule has 2 aromatic heterocycles. The van der Waals surface area contributed by atoms with Gasteiger partial charge in [0.05, 0.1) is 28.6 Å². The van der Waals surface area contributed by atoms with Crippen LogP contribution >= 0.6 is 11.3 Å². The van der Waals surface area contributed by atoms with Crippen LogP contribution in [0.5, 0.6) is 0 Å². The third-order valence-electron chi connectivity index (χ3n) is 4.41. The highest BCUT2D eigenvalue weighted by Crippen LogP contribution is 2.34. The Morgan fingerprint density at radius 1 is 1.11 bits per heavy atom. The Kier molecular flexibility index (Phi) is 4.49. The number of furan rings is 1. The third-order valence-corrected chi connectivity index (χ3v) is 5.62. The van der Waals surface area contributed by atoms with Crippen LogP contribution in [0.15, 0.2) is 59.2 Å². The smallest absolute Gasteiger partial charge is 0.263 e. The number of carbonyl (C=O) groups is 1. The van der Waals surface area contributed by atoms with E-state index >= 15 is 0 Å². The standard InChI is InChI=1S/C21H17FN2O2S/c1-13-9-10-14(2)19-18(13)23-21(27-19)24(12-15-6-5-11-26-15)20(25)16-7-3-4-8-17(16)22/h3-11H,12H2,1-2H3. The van der Waals surface area contributed by atoms with E-state index in [9.17, 15) is 9.18 Å². The molecule has 0 saturated carbocycles. The van der Waals surface area contributed by atoms with Gasteiger partial charge in [-0.15, -0.1) is 0 Å². The molecule has 0 saturated heterocycles. The minimum Gasteiger partial charge on any atom is -0.467 e. The monoisotopic (exact) mass is 380 g/mol. The molecule has 136 valence electrons. The number of halogens is 1. The van der Waals surface area contributed by atoms with Gasteiger partial charge in [-0.2, -0.15) is 0 Å². The highest BCUT2D eigenvalue weighted by atomic mass is 32.1. The van der Waals surface area contributed by atoms with Crippen molar-refractivity contribution in [2.45, 2.75) is 20.4 Å². The molecule has 0 radical (unpaired) electrons. The highest BCUT2D eigenvalue weighted by Gasteiger charge is 2.25. The molecular weight excluding hydrogens is 363 g/mol. The number of rotatable bonds is 4. The van der Waals surface area contributed by atoms with Crippen molar-refractivity contribution in [2.24, 2.45) is 0 Å². The van der Waals surface area contributed by atoms with E-state index in [2.05, 4.69) is 4.98 Å². The maximum atomic E-state index is 14.2. The fraction of sp³-hybridized carbons (Fsp3) is 0.143. The number of carbonyl (C=O) groups excluding carboxylic acids is 1. The molecule has 4 aromatic rings. The van der Waals surface area contributed by atoms with Crippen LogP contribution in [0, 0.1) is 19.7 Å². The first kappa shape index (κ1) is 17.4. The molecule has 0 atom stereocenters. The van der Waals surface area contributed by atoms with Crippen molar-refractivity contribution in [3.63, 3.8) is 0 Å². The van der Waals surface area contributed by atoms with Crippen molar-refractivity contribution in [3.8, 4) is 0 Å². The second-order valence-electron chi connectivity index (χ2n) is 6.32. The van der Waals surface area contributed by atoms with E-state index in [4.69, 9.17) is 4.42 Å². The Morgan fingerprint density at radius 2 is 1.89 bits per heavy atom. The minimum absolute atomic E-state index is 0.0109. The average Bonchev–Trinajstić information content (AvgIpc) is 3.33. The Hall–Kier alpha value is -2.99. The van der Waals surface area contributed by atoms with E-state index < -0.39 is 11.7 Å². The zero-order valence-corrected chi connectivity index (χ0v) is 15.7. The van der Waals surface area contributed by atoms with E-state index in [-0.39, 0.29) is 12.1 Å². The number of hydrogen-bond donors (Lipinski definition) is 0. The molecule has 0 aliphatic rings. The first-order valence-corrected chi connectivity index (χ1v) is 9.32. The van der Waals surface area contributed by atoms with Gasteiger partial charge in [0, 0.05) is 0 Å². The fourth-order valence-electron chi connectivity index (χ4n) is 2.93. The van der Waals surface area contributed by atoms with Gasteiger partial charge in [0.25, 0.3) is 5.91 Å². The molecule has 4 nitrogen and oxygen atoms in total. The van der Waals surface area contributed by atoms with Gasteiger partial charge in [0.1, 0.15) is 11.6 Å². The largest absolute Gasteiger partial charge is 0.467 e. The number of fused-ring (bicyclic) bond motifs is 1. The molecular formula is C21H17FN2O2S. The molecule has 0 fully saturated rings. The van der Waals surface area contributed by atoms with Crippen LogP contribution in [0.3, 0.4) is 0 Å². The third kappa shape index (κ3) is 3.24. The predicted molar refractivity (Wildman–Crippen MR) is 105 cm³/mol. The summed E-state index contributed by atoms with van der Waals surface area (Å²) in [6, 6.07) is 13.6. The Morgan fingerprint density at radius 3 is 2.59 bits per heavy atom. The first-order valence-electron chi connectivity index (χ1n) is 8.50. The van der Waals surface area contributed by atoms with Crippen LogP contribution in [0.25, 0.3) is 10.2 Å². The van der Waals surface area contributed by atoms with Gasteiger partial charge in [-0.1, -0.05) is 35.6 Å². The number of hydrogen-bond acceptors (Lipinski definition) is 4. The molecule has 0 spiro atoms. The van der Waals surface area contributed by atoms with Crippen molar-refractivity contribution < 1.29 is 13.6 Å². The van der Waals surface area contributed by atoms with E-state index in [1.165, 1.54) is 28.4 Å². The normalized spacial score (nSPS) is 11.1. The topological polar surface area (TPSA) is 46.3 Å². The van der Waals surface area contributed by atoms with Crippen molar-refractivity contribution in [1.29, 1.82) is 0 Å². The predicted octanol–water partition coefficient (Wildman–Crippen LogP) is 5.49. The second-order valence-corrected chi connectivity index (χ2v) is 7.30. The van der Waals surface area contributed by atoms with E-state index in [1.54, 1.807) is 30.5 Å². The molecule has 2 aromatic carbocycles. The number of thiazole rings is 1. The van der Waals surface area contributed by atoms with Crippen LogP contribution in [-0.2, 0) is 6.54 Å². The van der Waals surface area contributed by atoms with E-state index in [0.29, 0.717) is 10.9 Å². The van der Waals surface area contributed by atoms with Crippen LogP contribution in [0.4, 0.5) is 9.52 Å². The average molecular weight is 380 g/mol.